The van der Waals surface area contributed by atoms with Crippen molar-refractivity contribution in [3.63, 3.8) is 0 Å². The Bertz CT molecular complexity index is 447. The minimum atomic E-state index is 0.128. The highest BCUT2D eigenvalue weighted by Gasteiger charge is 2.09. The Morgan fingerprint density at radius 3 is 2.86 bits per heavy atom. The normalized spacial score (nSPS) is 15.9. The molecule has 1 saturated heterocycles. The first-order chi connectivity index (χ1) is 10.3. The third-order valence-electron chi connectivity index (χ3n) is 3.64. The lowest BCUT2D eigenvalue weighted by Gasteiger charge is -2.27. The van der Waals surface area contributed by atoms with Crippen LogP contribution in [-0.4, -0.2) is 55.8 Å². The van der Waals surface area contributed by atoms with Gasteiger partial charge in [0.2, 0.25) is 5.91 Å². The van der Waals surface area contributed by atoms with Gasteiger partial charge in [-0.05, 0) is 31.5 Å². The molecule has 1 amide bonds. The Morgan fingerprint density at radius 2 is 2.10 bits per heavy atom. The van der Waals surface area contributed by atoms with E-state index in [1.54, 1.807) is 11.8 Å². The van der Waals surface area contributed by atoms with E-state index in [1.165, 1.54) is 10.5 Å². The lowest BCUT2D eigenvalue weighted by molar-refractivity contribution is -0.118. The monoisotopic (exact) mass is 307 g/mol. The van der Waals surface area contributed by atoms with Crippen molar-refractivity contribution in [2.45, 2.75) is 18.2 Å². The second kappa shape index (κ2) is 9.07. The molecule has 1 heterocycles. The minimum absolute atomic E-state index is 0.128. The first kappa shape index (κ1) is 16.3. The summed E-state index contributed by atoms with van der Waals surface area (Å²) in [6.07, 6.45) is 1.03. The van der Waals surface area contributed by atoms with Crippen molar-refractivity contribution in [3.8, 4) is 0 Å². The van der Waals surface area contributed by atoms with E-state index in [0.717, 1.165) is 45.7 Å². The number of thioether (sulfide) groups is 1. The molecule has 116 valence electrons. The third kappa shape index (κ3) is 6.08. The van der Waals surface area contributed by atoms with Crippen LogP contribution in [0.15, 0.2) is 29.2 Å². The Hall–Kier alpha value is -1.04. The summed E-state index contributed by atoms with van der Waals surface area (Å²) in [7, 11) is 0. The number of rotatable bonds is 7. The van der Waals surface area contributed by atoms with Gasteiger partial charge in [0.1, 0.15) is 0 Å². The number of hydrogen-bond donors (Lipinski definition) is 2. The number of amides is 1. The molecule has 5 heteroatoms. The maximum atomic E-state index is 11.8. The summed E-state index contributed by atoms with van der Waals surface area (Å²) in [5, 5.41) is 6.36. The smallest absolute Gasteiger partial charge is 0.230 e. The van der Waals surface area contributed by atoms with E-state index in [2.05, 4.69) is 34.6 Å². The van der Waals surface area contributed by atoms with Crippen molar-refractivity contribution in [2.24, 2.45) is 0 Å². The number of carbonyl (C=O) groups excluding carboxylic acids is 1. The summed E-state index contributed by atoms with van der Waals surface area (Å²) in [5.41, 5.74) is 1.23. The highest BCUT2D eigenvalue weighted by molar-refractivity contribution is 8.00. The number of piperazine rings is 1. The number of hydrogen-bond acceptors (Lipinski definition) is 4. The van der Waals surface area contributed by atoms with E-state index in [-0.39, 0.29) is 5.91 Å². The summed E-state index contributed by atoms with van der Waals surface area (Å²) >= 11 is 1.61. The SMILES string of the molecule is Cc1ccccc1SCC(=O)NCCCN1CCNCC1. The van der Waals surface area contributed by atoms with Crippen molar-refractivity contribution >= 4 is 17.7 Å². The van der Waals surface area contributed by atoms with Crippen molar-refractivity contribution in [1.29, 1.82) is 0 Å². The largest absolute Gasteiger partial charge is 0.355 e. The fourth-order valence-corrected chi connectivity index (χ4v) is 3.24. The fraction of sp³-hybridized carbons (Fsp3) is 0.562. The fourth-order valence-electron chi connectivity index (χ4n) is 2.38. The molecule has 0 radical (unpaired) electrons. The highest BCUT2D eigenvalue weighted by atomic mass is 32.2. The number of nitrogens with one attached hydrogen (secondary N) is 2. The zero-order chi connectivity index (χ0) is 14.9. The van der Waals surface area contributed by atoms with E-state index in [1.807, 2.05) is 12.1 Å². The van der Waals surface area contributed by atoms with Crippen molar-refractivity contribution < 1.29 is 4.79 Å². The summed E-state index contributed by atoms with van der Waals surface area (Å²) in [5.74, 6) is 0.627. The standard InChI is InChI=1S/C16H25N3OS/c1-14-5-2-3-6-15(14)21-13-16(20)18-7-4-10-19-11-8-17-9-12-19/h2-3,5-6,17H,4,7-13H2,1H3,(H,18,20). The first-order valence-corrected chi connectivity index (χ1v) is 8.62. The van der Waals surface area contributed by atoms with E-state index in [9.17, 15) is 4.79 Å². The molecule has 0 saturated carbocycles. The molecule has 1 aliphatic rings. The van der Waals surface area contributed by atoms with Crippen LogP contribution >= 0.6 is 11.8 Å². The van der Waals surface area contributed by atoms with Crippen LogP contribution in [0.5, 0.6) is 0 Å². The van der Waals surface area contributed by atoms with Crippen molar-refractivity contribution in [2.75, 3.05) is 45.0 Å². The Kier molecular flexibility index (Phi) is 7.06. The van der Waals surface area contributed by atoms with Crippen LogP contribution in [0.3, 0.4) is 0 Å². The molecular weight excluding hydrogens is 282 g/mol. The second-order valence-electron chi connectivity index (χ2n) is 5.35. The van der Waals surface area contributed by atoms with Gasteiger partial charge in [0.05, 0.1) is 5.75 Å². The molecular formula is C16H25N3OS. The summed E-state index contributed by atoms with van der Waals surface area (Å²) in [4.78, 5) is 15.5. The average molecular weight is 307 g/mol. The molecule has 0 unspecified atom stereocenters. The zero-order valence-electron chi connectivity index (χ0n) is 12.7. The molecule has 1 aromatic rings. The average Bonchev–Trinajstić information content (AvgIpc) is 2.52. The molecule has 1 aliphatic heterocycles. The van der Waals surface area contributed by atoms with Gasteiger partial charge in [0, 0.05) is 37.6 Å². The van der Waals surface area contributed by atoms with Crippen LogP contribution in [0.25, 0.3) is 0 Å². The molecule has 0 aliphatic carbocycles. The van der Waals surface area contributed by atoms with Gasteiger partial charge in [-0.1, -0.05) is 18.2 Å². The van der Waals surface area contributed by atoms with Crippen LogP contribution in [0.1, 0.15) is 12.0 Å². The molecule has 0 bridgehead atoms. The number of carbonyl (C=O) groups is 1. The van der Waals surface area contributed by atoms with E-state index in [0.29, 0.717) is 5.75 Å². The summed E-state index contributed by atoms with van der Waals surface area (Å²) < 4.78 is 0. The third-order valence-corrected chi connectivity index (χ3v) is 4.81. The lowest BCUT2D eigenvalue weighted by Crippen LogP contribution is -2.44. The van der Waals surface area contributed by atoms with E-state index >= 15 is 0 Å². The number of benzene rings is 1. The molecule has 1 fully saturated rings. The highest BCUT2D eigenvalue weighted by Crippen LogP contribution is 2.21. The van der Waals surface area contributed by atoms with Crippen molar-refractivity contribution in [1.82, 2.24) is 15.5 Å². The predicted molar refractivity (Wildman–Crippen MR) is 88.8 cm³/mol. The number of nitrogens with zero attached hydrogens (tertiary/aromatic N) is 1. The summed E-state index contributed by atoms with van der Waals surface area (Å²) in [6.45, 7) is 8.34. The predicted octanol–water partition coefficient (Wildman–Crippen LogP) is 1.50. The van der Waals surface area contributed by atoms with Crippen LogP contribution < -0.4 is 10.6 Å². The molecule has 2 rings (SSSR count). The molecule has 21 heavy (non-hydrogen) atoms. The van der Waals surface area contributed by atoms with Crippen molar-refractivity contribution in [3.05, 3.63) is 29.8 Å². The van der Waals surface area contributed by atoms with Crippen LogP contribution in [0, 0.1) is 6.92 Å². The second-order valence-corrected chi connectivity index (χ2v) is 6.37. The maximum Gasteiger partial charge on any atom is 0.230 e. The summed E-state index contributed by atoms with van der Waals surface area (Å²) in [6, 6.07) is 8.18. The number of aryl methyl sites for hydroxylation is 1. The van der Waals surface area contributed by atoms with Gasteiger partial charge >= 0.3 is 0 Å². The molecule has 0 spiro atoms. The Labute approximate surface area is 131 Å². The zero-order valence-corrected chi connectivity index (χ0v) is 13.5. The molecule has 4 nitrogen and oxygen atoms in total. The molecule has 0 aromatic heterocycles. The molecule has 0 atom stereocenters. The molecule has 2 N–H and O–H groups in total. The molecule has 1 aromatic carbocycles. The first-order valence-electron chi connectivity index (χ1n) is 7.64. The maximum absolute atomic E-state index is 11.8. The van der Waals surface area contributed by atoms with Gasteiger partial charge in [0.15, 0.2) is 0 Å². The van der Waals surface area contributed by atoms with E-state index in [4.69, 9.17) is 0 Å². The van der Waals surface area contributed by atoms with Gasteiger partial charge in [-0.2, -0.15) is 0 Å². The quantitative estimate of drug-likeness (QED) is 0.592. The van der Waals surface area contributed by atoms with Gasteiger partial charge in [-0.3, -0.25) is 4.79 Å². The van der Waals surface area contributed by atoms with Gasteiger partial charge < -0.3 is 15.5 Å². The van der Waals surface area contributed by atoms with Gasteiger partial charge in [-0.15, -0.1) is 11.8 Å². The van der Waals surface area contributed by atoms with Crippen LogP contribution in [0.2, 0.25) is 0 Å². The Balaban J connectivity index is 1.56. The lowest BCUT2D eigenvalue weighted by atomic mass is 10.2. The van der Waals surface area contributed by atoms with Crippen LogP contribution in [0.4, 0.5) is 0 Å². The van der Waals surface area contributed by atoms with Gasteiger partial charge in [0.25, 0.3) is 0 Å². The minimum Gasteiger partial charge on any atom is -0.355 e. The topological polar surface area (TPSA) is 44.4 Å². The van der Waals surface area contributed by atoms with Gasteiger partial charge in [-0.25, -0.2) is 0 Å². The Morgan fingerprint density at radius 1 is 1.33 bits per heavy atom. The van der Waals surface area contributed by atoms with E-state index < -0.39 is 0 Å². The van der Waals surface area contributed by atoms with Crippen LogP contribution in [-0.2, 0) is 4.79 Å².